The number of rotatable bonds is 5. The first kappa shape index (κ1) is 13.0. The van der Waals surface area contributed by atoms with Crippen LogP contribution in [0.3, 0.4) is 0 Å². The largest absolute Gasteiger partial charge is 0.383 e. The average Bonchev–Trinajstić information content (AvgIpc) is 2.30. The lowest BCUT2D eigenvalue weighted by molar-refractivity contribution is 0.151. The molecule has 0 fully saturated rings. The van der Waals surface area contributed by atoms with Gasteiger partial charge in [-0.05, 0) is 13.1 Å². The Kier molecular flexibility index (Phi) is 5.27. The van der Waals surface area contributed by atoms with E-state index >= 15 is 0 Å². The van der Waals surface area contributed by atoms with Crippen LogP contribution in [0.1, 0.15) is 11.6 Å². The Bertz CT molecular complexity index is 376. The third kappa shape index (κ3) is 3.21. The van der Waals surface area contributed by atoms with Gasteiger partial charge in [0, 0.05) is 24.2 Å². The molecule has 0 spiro atoms. The fourth-order valence-corrected chi connectivity index (χ4v) is 1.71. The number of halogens is 1. The van der Waals surface area contributed by atoms with E-state index in [1.807, 2.05) is 30.1 Å². The van der Waals surface area contributed by atoms with Crippen LogP contribution in [-0.4, -0.2) is 32.2 Å². The van der Waals surface area contributed by atoms with Gasteiger partial charge in [-0.25, -0.2) is 0 Å². The molecule has 1 atom stereocenters. The summed E-state index contributed by atoms with van der Waals surface area (Å²) < 4.78 is 4.99. The smallest absolute Gasteiger partial charge is 0.125 e. The van der Waals surface area contributed by atoms with Crippen molar-refractivity contribution in [1.82, 2.24) is 4.90 Å². The van der Waals surface area contributed by atoms with Crippen LogP contribution in [0.5, 0.6) is 0 Å². The van der Waals surface area contributed by atoms with Crippen LogP contribution in [0.2, 0.25) is 5.02 Å². The standard InChI is InChI=1S/C12H15ClN2O/c1-15(7-8-16-2)12(9-14)10-5-3-4-6-11(10)13/h3-6,12H,7-8H2,1-2H3. The molecule has 0 saturated heterocycles. The van der Waals surface area contributed by atoms with Gasteiger partial charge in [0.25, 0.3) is 0 Å². The van der Waals surface area contributed by atoms with Crippen LogP contribution < -0.4 is 0 Å². The number of hydrogen-bond acceptors (Lipinski definition) is 3. The molecule has 4 heteroatoms. The van der Waals surface area contributed by atoms with Crippen molar-refractivity contribution in [2.45, 2.75) is 6.04 Å². The van der Waals surface area contributed by atoms with E-state index in [0.29, 0.717) is 18.2 Å². The van der Waals surface area contributed by atoms with Crippen LogP contribution in [0.25, 0.3) is 0 Å². The molecule has 0 radical (unpaired) electrons. The normalized spacial score (nSPS) is 12.4. The second-order valence-corrected chi connectivity index (χ2v) is 3.93. The quantitative estimate of drug-likeness (QED) is 0.791. The lowest BCUT2D eigenvalue weighted by Crippen LogP contribution is -2.27. The van der Waals surface area contributed by atoms with E-state index in [2.05, 4.69) is 6.07 Å². The molecule has 0 N–H and O–H groups in total. The molecule has 1 rings (SSSR count). The summed E-state index contributed by atoms with van der Waals surface area (Å²) in [6, 6.07) is 9.34. The summed E-state index contributed by atoms with van der Waals surface area (Å²) in [7, 11) is 3.53. The highest BCUT2D eigenvalue weighted by atomic mass is 35.5. The number of methoxy groups -OCH3 is 1. The minimum Gasteiger partial charge on any atom is -0.383 e. The van der Waals surface area contributed by atoms with Gasteiger partial charge in [-0.1, -0.05) is 29.8 Å². The molecule has 1 aromatic rings. The third-order valence-corrected chi connectivity index (χ3v) is 2.76. The highest BCUT2D eigenvalue weighted by Crippen LogP contribution is 2.25. The van der Waals surface area contributed by atoms with Crippen LogP contribution in [0, 0.1) is 11.3 Å². The minimum absolute atomic E-state index is 0.330. The van der Waals surface area contributed by atoms with Crippen LogP contribution in [0.4, 0.5) is 0 Å². The summed E-state index contributed by atoms with van der Waals surface area (Å²) in [5, 5.41) is 9.81. The number of likely N-dealkylation sites (N-methyl/N-ethyl adjacent to an activating group) is 1. The number of hydrogen-bond donors (Lipinski definition) is 0. The van der Waals surface area contributed by atoms with Crippen molar-refractivity contribution in [2.75, 3.05) is 27.3 Å². The monoisotopic (exact) mass is 238 g/mol. The van der Waals surface area contributed by atoms with Crippen molar-refractivity contribution < 1.29 is 4.74 Å². The van der Waals surface area contributed by atoms with Gasteiger partial charge in [-0.15, -0.1) is 0 Å². The lowest BCUT2D eigenvalue weighted by Gasteiger charge is -2.22. The van der Waals surface area contributed by atoms with E-state index in [4.69, 9.17) is 16.3 Å². The molecule has 0 aliphatic heterocycles. The highest BCUT2D eigenvalue weighted by molar-refractivity contribution is 6.31. The van der Waals surface area contributed by atoms with E-state index in [1.54, 1.807) is 13.2 Å². The summed E-state index contributed by atoms with van der Waals surface area (Å²) in [4.78, 5) is 1.92. The van der Waals surface area contributed by atoms with Gasteiger partial charge >= 0.3 is 0 Å². The average molecular weight is 239 g/mol. The van der Waals surface area contributed by atoms with E-state index in [0.717, 1.165) is 5.56 Å². The molecule has 0 heterocycles. The maximum Gasteiger partial charge on any atom is 0.125 e. The second kappa shape index (κ2) is 6.49. The van der Waals surface area contributed by atoms with Crippen LogP contribution in [0.15, 0.2) is 24.3 Å². The summed E-state index contributed by atoms with van der Waals surface area (Å²) in [5.74, 6) is 0. The Morgan fingerprint density at radius 2 is 2.19 bits per heavy atom. The van der Waals surface area contributed by atoms with Gasteiger partial charge in [-0.2, -0.15) is 5.26 Å². The Balaban J connectivity index is 2.83. The predicted octanol–water partition coefficient (Wildman–Crippen LogP) is 2.48. The Hall–Kier alpha value is -1.08. The summed E-state index contributed by atoms with van der Waals surface area (Å²) in [5.41, 5.74) is 0.838. The molecule has 0 saturated carbocycles. The molecular formula is C12H15ClN2O. The molecule has 16 heavy (non-hydrogen) atoms. The molecule has 86 valence electrons. The van der Waals surface area contributed by atoms with E-state index < -0.39 is 0 Å². The Labute approximate surface area is 101 Å². The SMILES string of the molecule is COCCN(C)C(C#N)c1ccccc1Cl. The minimum atomic E-state index is -0.330. The summed E-state index contributed by atoms with van der Waals surface area (Å²) in [6.07, 6.45) is 0. The first-order chi connectivity index (χ1) is 7.70. The Morgan fingerprint density at radius 3 is 2.75 bits per heavy atom. The number of ether oxygens (including phenoxy) is 1. The molecule has 0 aliphatic rings. The third-order valence-electron chi connectivity index (χ3n) is 2.41. The first-order valence-electron chi connectivity index (χ1n) is 5.04. The number of benzene rings is 1. The fourth-order valence-electron chi connectivity index (χ4n) is 1.47. The van der Waals surface area contributed by atoms with Crippen LogP contribution >= 0.6 is 11.6 Å². The van der Waals surface area contributed by atoms with Crippen molar-refractivity contribution in [2.24, 2.45) is 0 Å². The van der Waals surface area contributed by atoms with Gasteiger partial charge in [0.1, 0.15) is 6.04 Å². The fraction of sp³-hybridized carbons (Fsp3) is 0.417. The zero-order valence-corrected chi connectivity index (χ0v) is 10.2. The maximum atomic E-state index is 9.18. The van der Waals surface area contributed by atoms with Crippen molar-refractivity contribution in [3.8, 4) is 6.07 Å². The van der Waals surface area contributed by atoms with Gasteiger partial charge in [-0.3, -0.25) is 4.90 Å². The second-order valence-electron chi connectivity index (χ2n) is 3.53. The summed E-state index contributed by atoms with van der Waals surface area (Å²) in [6.45, 7) is 1.29. The lowest BCUT2D eigenvalue weighted by atomic mass is 10.1. The molecule has 1 unspecified atom stereocenters. The highest BCUT2D eigenvalue weighted by Gasteiger charge is 2.18. The van der Waals surface area contributed by atoms with E-state index in [1.165, 1.54) is 0 Å². The summed E-state index contributed by atoms with van der Waals surface area (Å²) >= 11 is 6.07. The molecule has 0 aliphatic carbocycles. The van der Waals surface area contributed by atoms with E-state index in [-0.39, 0.29) is 6.04 Å². The molecular weight excluding hydrogens is 224 g/mol. The zero-order valence-electron chi connectivity index (χ0n) is 9.48. The maximum absolute atomic E-state index is 9.18. The predicted molar refractivity (Wildman–Crippen MR) is 64.3 cm³/mol. The molecule has 0 aromatic heterocycles. The molecule has 1 aromatic carbocycles. The van der Waals surface area contributed by atoms with Gasteiger partial charge in [0.05, 0.1) is 12.7 Å². The van der Waals surface area contributed by atoms with Crippen molar-refractivity contribution in [3.05, 3.63) is 34.9 Å². The first-order valence-corrected chi connectivity index (χ1v) is 5.41. The molecule has 3 nitrogen and oxygen atoms in total. The van der Waals surface area contributed by atoms with Gasteiger partial charge in [0.15, 0.2) is 0 Å². The topological polar surface area (TPSA) is 36.3 Å². The molecule has 0 amide bonds. The Morgan fingerprint density at radius 1 is 1.50 bits per heavy atom. The van der Waals surface area contributed by atoms with E-state index in [9.17, 15) is 5.26 Å². The van der Waals surface area contributed by atoms with Crippen LogP contribution in [-0.2, 0) is 4.74 Å². The van der Waals surface area contributed by atoms with Crippen molar-refractivity contribution >= 4 is 11.6 Å². The number of nitriles is 1. The number of nitrogens with zero attached hydrogens (tertiary/aromatic N) is 2. The van der Waals surface area contributed by atoms with Crippen molar-refractivity contribution in [3.63, 3.8) is 0 Å². The molecule has 0 bridgehead atoms. The van der Waals surface area contributed by atoms with Crippen molar-refractivity contribution in [1.29, 1.82) is 5.26 Å². The van der Waals surface area contributed by atoms with Gasteiger partial charge < -0.3 is 4.74 Å². The van der Waals surface area contributed by atoms with Gasteiger partial charge in [0.2, 0.25) is 0 Å². The zero-order chi connectivity index (χ0) is 12.0.